The van der Waals surface area contributed by atoms with Gasteiger partial charge in [-0.25, -0.2) is 0 Å². The molecule has 19 heavy (non-hydrogen) atoms. The number of anilines is 2. The highest BCUT2D eigenvalue weighted by molar-refractivity contribution is 5.68. The van der Waals surface area contributed by atoms with Crippen molar-refractivity contribution in [2.45, 2.75) is 19.3 Å². The van der Waals surface area contributed by atoms with Crippen LogP contribution in [-0.2, 0) is 6.18 Å². The Hall–Kier alpha value is -1.60. The van der Waals surface area contributed by atoms with E-state index < -0.39 is 24.5 Å². The second-order valence-corrected chi connectivity index (χ2v) is 3.90. The van der Waals surface area contributed by atoms with Crippen molar-refractivity contribution in [3.63, 3.8) is 0 Å². The molecule has 0 heterocycles. The summed E-state index contributed by atoms with van der Waals surface area (Å²) in [7, 11) is 0. The molecule has 1 aromatic rings. The molecular weight excluding hydrogens is 274 g/mol. The van der Waals surface area contributed by atoms with Crippen LogP contribution in [0, 0.1) is 0 Å². The number of nitrogen functional groups attached to an aromatic ring is 1. The van der Waals surface area contributed by atoms with Gasteiger partial charge in [0.1, 0.15) is 6.54 Å². The van der Waals surface area contributed by atoms with Crippen molar-refractivity contribution in [3.8, 4) is 0 Å². The second kappa shape index (κ2) is 5.18. The number of hydrogen-bond acceptors (Lipinski definition) is 2. The summed E-state index contributed by atoms with van der Waals surface area (Å²) < 4.78 is 74.2. The molecule has 0 aliphatic rings. The maximum absolute atomic E-state index is 12.4. The molecule has 108 valence electrons. The van der Waals surface area contributed by atoms with Crippen molar-refractivity contribution in [2.24, 2.45) is 0 Å². The van der Waals surface area contributed by atoms with Gasteiger partial charge in [-0.15, -0.1) is 0 Å². The van der Waals surface area contributed by atoms with Crippen molar-refractivity contribution in [1.29, 1.82) is 0 Å². The van der Waals surface area contributed by atoms with Crippen LogP contribution in [0.15, 0.2) is 18.2 Å². The molecule has 0 fully saturated rings. The summed E-state index contributed by atoms with van der Waals surface area (Å²) in [6, 6.07) is 2.30. The van der Waals surface area contributed by atoms with Gasteiger partial charge in [-0.2, -0.15) is 26.3 Å². The molecule has 8 heteroatoms. The van der Waals surface area contributed by atoms with E-state index in [0.29, 0.717) is 12.1 Å². The van der Waals surface area contributed by atoms with E-state index in [9.17, 15) is 26.3 Å². The van der Waals surface area contributed by atoms with Gasteiger partial charge in [-0.1, -0.05) is 0 Å². The standard InChI is InChI=1S/C11H12F6N2/c1-2-19(6-10(12,13)14)9-4-3-7(5-8(9)18)11(15,16)17/h3-5H,2,6,18H2,1H3. The summed E-state index contributed by atoms with van der Waals surface area (Å²) in [4.78, 5) is 0.871. The molecule has 0 saturated carbocycles. The maximum atomic E-state index is 12.4. The van der Waals surface area contributed by atoms with Gasteiger partial charge in [0, 0.05) is 6.54 Å². The van der Waals surface area contributed by atoms with E-state index in [2.05, 4.69) is 0 Å². The van der Waals surface area contributed by atoms with E-state index in [4.69, 9.17) is 5.73 Å². The van der Waals surface area contributed by atoms with Crippen molar-refractivity contribution in [3.05, 3.63) is 23.8 Å². The predicted octanol–water partition coefficient (Wildman–Crippen LogP) is 3.68. The third-order valence-electron chi connectivity index (χ3n) is 2.45. The third-order valence-corrected chi connectivity index (χ3v) is 2.45. The van der Waals surface area contributed by atoms with E-state index in [-0.39, 0.29) is 17.9 Å². The number of benzene rings is 1. The highest BCUT2D eigenvalue weighted by Gasteiger charge is 2.33. The Bertz CT molecular complexity index is 438. The molecule has 0 aliphatic carbocycles. The summed E-state index contributed by atoms with van der Waals surface area (Å²) in [5, 5.41) is 0. The van der Waals surface area contributed by atoms with Crippen LogP contribution in [0.4, 0.5) is 37.7 Å². The molecule has 0 amide bonds. The molecule has 0 aliphatic heterocycles. The lowest BCUT2D eigenvalue weighted by Crippen LogP contribution is -2.34. The monoisotopic (exact) mass is 286 g/mol. The Morgan fingerprint density at radius 3 is 2.05 bits per heavy atom. The van der Waals surface area contributed by atoms with Gasteiger partial charge < -0.3 is 10.6 Å². The zero-order valence-electron chi connectivity index (χ0n) is 9.94. The number of nitrogens with zero attached hydrogens (tertiary/aromatic N) is 1. The van der Waals surface area contributed by atoms with Crippen molar-refractivity contribution < 1.29 is 26.3 Å². The Morgan fingerprint density at radius 1 is 1.11 bits per heavy atom. The second-order valence-electron chi connectivity index (χ2n) is 3.90. The summed E-state index contributed by atoms with van der Waals surface area (Å²) >= 11 is 0. The fourth-order valence-electron chi connectivity index (χ4n) is 1.60. The van der Waals surface area contributed by atoms with Gasteiger partial charge >= 0.3 is 12.4 Å². The summed E-state index contributed by atoms with van der Waals surface area (Å²) in [5.74, 6) is 0. The van der Waals surface area contributed by atoms with Gasteiger partial charge in [0.05, 0.1) is 16.9 Å². The van der Waals surface area contributed by atoms with E-state index >= 15 is 0 Å². The molecule has 0 atom stereocenters. The summed E-state index contributed by atoms with van der Waals surface area (Å²) in [5.41, 5.74) is 4.02. The Kier molecular flexibility index (Phi) is 4.21. The molecular formula is C11H12F6N2. The molecule has 2 nitrogen and oxygen atoms in total. The molecule has 0 unspecified atom stereocenters. The van der Waals surface area contributed by atoms with E-state index in [0.717, 1.165) is 11.0 Å². The SMILES string of the molecule is CCN(CC(F)(F)F)c1ccc(C(F)(F)F)cc1N. The van der Waals surface area contributed by atoms with Crippen LogP contribution in [0.1, 0.15) is 12.5 Å². The first-order valence-corrected chi connectivity index (χ1v) is 5.33. The van der Waals surface area contributed by atoms with Crippen LogP contribution in [-0.4, -0.2) is 19.3 Å². The average Bonchev–Trinajstić information content (AvgIpc) is 2.23. The topological polar surface area (TPSA) is 29.3 Å². The van der Waals surface area contributed by atoms with Crippen molar-refractivity contribution >= 4 is 11.4 Å². The van der Waals surface area contributed by atoms with Gasteiger partial charge in [-0.3, -0.25) is 0 Å². The van der Waals surface area contributed by atoms with E-state index in [1.165, 1.54) is 6.92 Å². The third kappa shape index (κ3) is 4.22. The quantitative estimate of drug-likeness (QED) is 0.678. The van der Waals surface area contributed by atoms with Gasteiger partial charge in [-0.05, 0) is 25.1 Å². The summed E-state index contributed by atoms with van der Waals surface area (Å²) in [6.07, 6.45) is -9.03. The van der Waals surface area contributed by atoms with Crippen molar-refractivity contribution in [2.75, 3.05) is 23.7 Å². The van der Waals surface area contributed by atoms with Gasteiger partial charge in [0.15, 0.2) is 0 Å². The van der Waals surface area contributed by atoms with E-state index in [1.54, 1.807) is 0 Å². The molecule has 0 bridgehead atoms. The van der Waals surface area contributed by atoms with Gasteiger partial charge in [0.25, 0.3) is 0 Å². The number of halogens is 6. The molecule has 0 saturated heterocycles. The normalized spacial score (nSPS) is 12.6. The fourth-order valence-corrected chi connectivity index (χ4v) is 1.60. The first kappa shape index (κ1) is 15.5. The number of alkyl halides is 6. The van der Waals surface area contributed by atoms with Crippen LogP contribution >= 0.6 is 0 Å². The molecule has 1 aromatic carbocycles. The Balaban J connectivity index is 3.07. The molecule has 0 spiro atoms. The van der Waals surface area contributed by atoms with Crippen molar-refractivity contribution in [1.82, 2.24) is 0 Å². The average molecular weight is 286 g/mol. The minimum absolute atomic E-state index is 0.0188. The molecule has 0 radical (unpaired) electrons. The lowest BCUT2D eigenvalue weighted by Gasteiger charge is -2.26. The fraction of sp³-hybridized carbons (Fsp3) is 0.455. The van der Waals surface area contributed by atoms with Crippen LogP contribution in [0.5, 0.6) is 0 Å². The Morgan fingerprint density at radius 2 is 1.68 bits per heavy atom. The van der Waals surface area contributed by atoms with Crippen LogP contribution in [0.2, 0.25) is 0 Å². The van der Waals surface area contributed by atoms with Gasteiger partial charge in [0.2, 0.25) is 0 Å². The van der Waals surface area contributed by atoms with Crippen LogP contribution < -0.4 is 10.6 Å². The molecule has 1 rings (SSSR count). The lowest BCUT2D eigenvalue weighted by molar-refractivity contribution is -0.137. The Labute approximate surface area is 105 Å². The first-order chi connectivity index (χ1) is 8.54. The zero-order chi connectivity index (χ0) is 14.8. The molecule has 0 aromatic heterocycles. The van der Waals surface area contributed by atoms with Crippen LogP contribution in [0.25, 0.3) is 0 Å². The minimum atomic E-state index is -4.58. The highest BCUT2D eigenvalue weighted by atomic mass is 19.4. The predicted molar refractivity (Wildman–Crippen MR) is 59.8 cm³/mol. The lowest BCUT2D eigenvalue weighted by atomic mass is 10.1. The zero-order valence-corrected chi connectivity index (χ0v) is 9.94. The summed E-state index contributed by atoms with van der Waals surface area (Å²) in [6.45, 7) is 0.178. The smallest absolute Gasteiger partial charge is 0.397 e. The number of nitrogens with two attached hydrogens (primary N) is 1. The molecule has 2 N–H and O–H groups in total. The largest absolute Gasteiger partial charge is 0.416 e. The number of hydrogen-bond donors (Lipinski definition) is 1. The van der Waals surface area contributed by atoms with Crippen LogP contribution in [0.3, 0.4) is 0 Å². The first-order valence-electron chi connectivity index (χ1n) is 5.33. The van der Waals surface area contributed by atoms with E-state index in [1.807, 2.05) is 0 Å². The highest BCUT2D eigenvalue weighted by Crippen LogP contribution is 2.34. The number of rotatable bonds is 3. The maximum Gasteiger partial charge on any atom is 0.416 e. The minimum Gasteiger partial charge on any atom is -0.397 e.